The second-order valence-corrected chi connectivity index (χ2v) is 5.62. The highest BCUT2D eigenvalue weighted by atomic mass is 16.1. The van der Waals surface area contributed by atoms with Crippen LogP contribution < -0.4 is 5.32 Å². The summed E-state index contributed by atoms with van der Waals surface area (Å²) < 4.78 is 0. The normalized spacial score (nSPS) is 30.5. The third-order valence-corrected chi connectivity index (χ3v) is 4.37. The van der Waals surface area contributed by atoms with Crippen molar-refractivity contribution < 1.29 is 4.79 Å². The van der Waals surface area contributed by atoms with E-state index in [1.165, 1.54) is 31.2 Å². The minimum Gasteiger partial charge on any atom is -0.349 e. The van der Waals surface area contributed by atoms with Crippen molar-refractivity contribution in [2.24, 2.45) is 11.8 Å². The minimum absolute atomic E-state index is 0.0996. The van der Waals surface area contributed by atoms with Crippen LogP contribution in [0.1, 0.15) is 41.6 Å². The number of nitrogens with one attached hydrogen (secondary N) is 1. The molecule has 17 heavy (non-hydrogen) atoms. The number of benzene rings is 1. The van der Waals surface area contributed by atoms with Gasteiger partial charge in [0, 0.05) is 11.6 Å². The second kappa shape index (κ2) is 4.17. The van der Waals surface area contributed by atoms with Crippen LogP contribution >= 0.6 is 0 Å². The first-order valence-electron chi connectivity index (χ1n) is 6.60. The number of hydrogen-bond donors (Lipinski definition) is 1. The third kappa shape index (κ3) is 2.08. The van der Waals surface area contributed by atoms with Crippen LogP contribution in [0.2, 0.25) is 0 Å². The maximum absolute atomic E-state index is 12.1. The first-order valence-corrected chi connectivity index (χ1v) is 6.60. The van der Waals surface area contributed by atoms with Gasteiger partial charge in [0.15, 0.2) is 0 Å². The Hall–Kier alpha value is -1.31. The van der Waals surface area contributed by atoms with E-state index in [0.29, 0.717) is 6.04 Å². The van der Waals surface area contributed by atoms with E-state index >= 15 is 0 Å². The predicted molar refractivity (Wildman–Crippen MR) is 67.9 cm³/mol. The zero-order chi connectivity index (χ0) is 11.8. The molecule has 90 valence electrons. The zero-order valence-electron chi connectivity index (χ0n) is 10.3. The number of aryl methyl sites for hydroxylation is 1. The first-order chi connectivity index (χ1) is 8.22. The molecule has 1 aromatic carbocycles. The van der Waals surface area contributed by atoms with E-state index in [1.807, 2.05) is 31.2 Å². The largest absolute Gasteiger partial charge is 0.349 e. The molecule has 1 N–H and O–H groups in total. The van der Waals surface area contributed by atoms with E-state index < -0.39 is 0 Å². The van der Waals surface area contributed by atoms with Gasteiger partial charge in [0.2, 0.25) is 0 Å². The van der Waals surface area contributed by atoms with Crippen molar-refractivity contribution in [3.8, 4) is 0 Å². The molecule has 2 heteroatoms. The molecule has 0 aliphatic heterocycles. The Morgan fingerprint density at radius 3 is 2.53 bits per heavy atom. The summed E-state index contributed by atoms with van der Waals surface area (Å²) in [7, 11) is 0. The minimum atomic E-state index is 0.0996. The average Bonchev–Trinajstić information content (AvgIpc) is 2.91. The molecule has 0 spiro atoms. The highest BCUT2D eigenvalue weighted by molar-refractivity contribution is 5.94. The molecule has 0 radical (unpaired) electrons. The summed E-state index contributed by atoms with van der Waals surface area (Å²) in [5.41, 5.74) is 1.99. The van der Waals surface area contributed by atoms with Gasteiger partial charge in [-0.3, -0.25) is 4.79 Å². The topological polar surface area (TPSA) is 29.1 Å². The molecule has 3 atom stereocenters. The van der Waals surface area contributed by atoms with E-state index in [0.717, 1.165) is 17.4 Å². The summed E-state index contributed by atoms with van der Waals surface area (Å²) in [6.07, 6.45) is 5.21. The molecule has 0 unspecified atom stereocenters. The molecule has 2 aliphatic rings. The Morgan fingerprint density at radius 1 is 1.18 bits per heavy atom. The second-order valence-electron chi connectivity index (χ2n) is 5.62. The fraction of sp³-hybridized carbons (Fsp3) is 0.533. The number of carbonyl (C=O) groups is 1. The molecule has 2 aliphatic carbocycles. The highest BCUT2D eigenvalue weighted by Crippen LogP contribution is 2.44. The SMILES string of the molecule is Cc1ccc(C(=O)N[C@H]2C[C@@H]3CC[C@@H]2C3)cc1. The van der Waals surface area contributed by atoms with Crippen molar-refractivity contribution in [3.05, 3.63) is 35.4 Å². The lowest BCUT2D eigenvalue weighted by Crippen LogP contribution is -2.38. The lowest BCUT2D eigenvalue weighted by molar-refractivity contribution is 0.0923. The van der Waals surface area contributed by atoms with Crippen LogP contribution in [0.25, 0.3) is 0 Å². The lowest BCUT2D eigenvalue weighted by atomic mass is 9.95. The maximum atomic E-state index is 12.1. The molecule has 1 amide bonds. The number of rotatable bonds is 2. The molecule has 0 aromatic heterocycles. The van der Waals surface area contributed by atoms with E-state index in [-0.39, 0.29) is 5.91 Å². The summed E-state index contributed by atoms with van der Waals surface area (Å²) >= 11 is 0. The van der Waals surface area contributed by atoms with Crippen LogP contribution in [0.5, 0.6) is 0 Å². The van der Waals surface area contributed by atoms with Crippen LogP contribution in [0.3, 0.4) is 0 Å². The van der Waals surface area contributed by atoms with Gasteiger partial charge < -0.3 is 5.32 Å². The molecule has 2 fully saturated rings. The zero-order valence-corrected chi connectivity index (χ0v) is 10.3. The van der Waals surface area contributed by atoms with Gasteiger partial charge in [-0.25, -0.2) is 0 Å². The van der Waals surface area contributed by atoms with Crippen molar-refractivity contribution in [2.75, 3.05) is 0 Å². The van der Waals surface area contributed by atoms with Crippen molar-refractivity contribution in [2.45, 2.75) is 38.6 Å². The van der Waals surface area contributed by atoms with Gasteiger partial charge >= 0.3 is 0 Å². The summed E-state index contributed by atoms with van der Waals surface area (Å²) in [6.45, 7) is 2.04. The Kier molecular flexibility index (Phi) is 2.65. The monoisotopic (exact) mass is 229 g/mol. The molecule has 0 saturated heterocycles. The van der Waals surface area contributed by atoms with Gasteiger partial charge in [-0.15, -0.1) is 0 Å². The number of amides is 1. The molecule has 2 nitrogen and oxygen atoms in total. The number of carbonyl (C=O) groups excluding carboxylic acids is 1. The molecule has 3 rings (SSSR count). The molecular formula is C15H19NO. The van der Waals surface area contributed by atoms with E-state index in [9.17, 15) is 4.79 Å². The van der Waals surface area contributed by atoms with Crippen LogP contribution in [-0.2, 0) is 0 Å². The van der Waals surface area contributed by atoms with Crippen LogP contribution in [-0.4, -0.2) is 11.9 Å². The summed E-state index contributed by atoms with van der Waals surface area (Å²) in [4.78, 5) is 12.1. The first kappa shape index (κ1) is 10.8. The van der Waals surface area contributed by atoms with Gasteiger partial charge in [0.25, 0.3) is 5.91 Å². The molecule has 0 heterocycles. The van der Waals surface area contributed by atoms with E-state index in [2.05, 4.69) is 5.32 Å². The Labute approximate surface area is 102 Å². The molecule has 1 aromatic rings. The number of hydrogen-bond acceptors (Lipinski definition) is 1. The predicted octanol–water partition coefficient (Wildman–Crippen LogP) is 2.91. The van der Waals surface area contributed by atoms with Gasteiger partial charge in [0.05, 0.1) is 0 Å². The standard InChI is InChI=1S/C15H19NO/c1-10-2-5-12(6-3-10)15(17)16-14-9-11-4-7-13(14)8-11/h2-3,5-6,11,13-14H,4,7-9H2,1H3,(H,16,17)/t11-,13-,14+/m1/s1. The lowest BCUT2D eigenvalue weighted by Gasteiger charge is -2.22. The quantitative estimate of drug-likeness (QED) is 0.830. The summed E-state index contributed by atoms with van der Waals surface area (Å²) in [5, 5.41) is 3.21. The molecule has 2 bridgehead atoms. The van der Waals surface area contributed by atoms with Crippen LogP contribution in [0, 0.1) is 18.8 Å². The summed E-state index contributed by atoms with van der Waals surface area (Å²) in [5.74, 6) is 1.72. The van der Waals surface area contributed by atoms with Crippen molar-refractivity contribution >= 4 is 5.91 Å². The number of fused-ring (bicyclic) bond motifs is 2. The van der Waals surface area contributed by atoms with Crippen molar-refractivity contribution in [1.29, 1.82) is 0 Å². The van der Waals surface area contributed by atoms with Gasteiger partial charge in [-0.1, -0.05) is 24.1 Å². The average molecular weight is 229 g/mol. The van der Waals surface area contributed by atoms with Crippen molar-refractivity contribution in [1.82, 2.24) is 5.32 Å². The smallest absolute Gasteiger partial charge is 0.251 e. The maximum Gasteiger partial charge on any atom is 0.251 e. The fourth-order valence-corrected chi connectivity index (χ4v) is 3.38. The third-order valence-electron chi connectivity index (χ3n) is 4.37. The Morgan fingerprint density at radius 2 is 1.94 bits per heavy atom. The fourth-order valence-electron chi connectivity index (χ4n) is 3.38. The summed E-state index contributed by atoms with van der Waals surface area (Å²) in [6, 6.07) is 8.25. The highest BCUT2D eigenvalue weighted by Gasteiger charge is 2.40. The van der Waals surface area contributed by atoms with Crippen LogP contribution in [0.4, 0.5) is 0 Å². The van der Waals surface area contributed by atoms with Crippen LogP contribution in [0.15, 0.2) is 24.3 Å². The molecular weight excluding hydrogens is 210 g/mol. The van der Waals surface area contributed by atoms with E-state index in [4.69, 9.17) is 0 Å². The Bertz CT molecular complexity index is 423. The van der Waals surface area contributed by atoms with Gasteiger partial charge in [0.1, 0.15) is 0 Å². The van der Waals surface area contributed by atoms with Gasteiger partial charge in [-0.2, -0.15) is 0 Å². The molecule has 2 saturated carbocycles. The van der Waals surface area contributed by atoms with Gasteiger partial charge in [-0.05, 0) is 50.2 Å². The van der Waals surface area contributed by atoms with Crippen molar-refractivity contribution in [3.63, 3.8) is 0 Å². The van der Waals surface area contributed by atoms with E-state index in [1.54, 1.807) is 0 Å². The Balaban J connectivity index is 1.65.